The molecule has 0 spiro atoms. The zero-order chi connectivity index (χ0) is 26.6. The van der Waals surface area contributed by atoms with E-state index in [0.29, 0.717) is 30.6 Å². The smallest absolute Gasteiger partial charge is 0.223 e. The SMILES string of the molecule is COc1ccc(CN(Cc2ccc(OC)cc2)C2=NC(c3cccc(C#N)c3F)=CC3=NC(N)NN32)cc1. The van der Waals surface area contributed by atoms with Crippen LogP contribution in [0.1, 0.15) is 22.3 Å². The van der Waals surface area contributed by atoms with E-state index in [4.69, 9.17) is 20.2 Å². The van der Waals surface area contributed by atoms with Gasteiger partial charge in [-0.1, -0.05) is 30.3 Å². The maximum atomic E-state index is 15.2. The molecule has 0 bridgehead atoms. The van der Waals surface area contributed by atoms with Crippen molar-refractivity contribution in [3.63, 3.8) is 0 Å². The number of halogens is 1. The second kappa shape index (κ2) is 10.7. The number of nitrogens with one attached hydrogen (secondary N) is 1. The van der Waals surface area contributed by atoms with Gasteiger partial charge in [-0.3, -0.25) is 5.73 Å². The Hall–Kier alpha value is -4.72. The van der Waals surface area contributed by atoms with Crippen LogP contribution in [0.3, 0.4) is 0 Å². The van der Waals surface area contributed by atoms with Crippen LogP contribution in [0.4, 0.5) is 4.39 Å². The number of nitrogens with two attached hydrogens (primary N) is 1. The molecule has 0 fully saturated rings. The average Bonchev–Trinajstić information content (AvgIpc) is 3.33. The van der Waals surface area contributed by atoms with Crippen LogP contribution in [-0.2, 0) is 13.1 Å². The number of guanidine groups is 1. The van der Waals surface area contributed by atoms with E-state index in [9.17, 15) is 5.26 Å². The van der Waals surface area contributed by atoms with Gasteiger partial charge >= 0.3 is 0 Å². The summed E-state index contributed by atoms with van der Waals surface area (Å²) < 4.78 is 25.8. The second-order valence-electron chi connectivity index (χ2n) is 8.67. The van der Waals surface area contributed by atoms with Crippen LogP contribution in [0.2, 0.25) is 0 Å². The van der Waals surface area contributed by atoms with Crippen molar-refractivity contribution < 1.29 is 13.9 Å². The van der Waals surface area contributed by atoms with Gasteiger partial charge in [-0.15, -0.1) is 0 Å². The lowest BCUT2D eigenvalue weighted by molar-refractivity contribution is 0.316. The molecule has 9 nitrogen and oxygen atoms in total. The zero-order valence-corrected chi connectivity index (χ0v) is 20.9. The number of aliphatic imine (C=N–C) groups is 2. The molecular formula is C28H26FN7O2. The van der Waals surface area contributed by atoms with E-state index >= 15 is 4.39 Å². The second-order valence-corrected chi connectivity index (χ2v) is 8.67. The third kappa shape index (κ3) is 5.06. The third-order valence-corrected chi connectivity index (χ3v) is 6.19. The van der Waals surface area contributed by atoms with E-state index in [-0.39, 0.29) is 11.1 Å². The van der Waals surface area contributed by atoms with E-state index in [1.165, 1.54) is 6.07 Å². The number of ether oxygens (including phenoxy) is 2. The van der Waals surface area contributed by atoms with Crippen molar-refractivity contribution >= 4 is 17.5 Å². The van der Waals surface area contributed by atoms with E-state index in [0.717, 1.165) is 22.6 Å². The van der Waals surface area contributed by atoms with Crippen LogP contribution in [0.25, 0.3) is 5.70 Å². The summed E-state index contributed by atoms with van der Waals surface area (Å²) in [5, 5.41) is 11.0. The highest BCUT2D eigenvalue weighted by Gasteiger charge is 2.33. The summed E-state index contributed by atoms with van der Waals surface area (Å²) in [5.74, 6) is 1.86. The van der Waals surface area contributed by atoms with Crippen molar-refractivity contribution in [3.05, 3.63) is 101 Å². The van der Waals surface area contributed by atoms with Crippen molar-refractivity contribution in [2.75, 3.05) is 14.2 Å². The normalized spacial score (nSPS) is 16.1. The zero-order valence-electron chi connectivity index (χ0n) is 20.9. The van der Waals surface area contributed by atoms with Gasteiger partial charge < -0.3 is 14.4 Å². The molecule has 5 rings (SSSR count). The maximum Gasteiger partial charge on any atom is 0.223 e. The Morgan fingerprint density at radius 3 is 2.16 bits per heavy atom. The third-order valence-electron chi connectivity index (χ3n) is 6.19. The molecule has 0 amide bonds. The van der Waals surface area contributed by atoms with Crippen LogP contribution in [0.15, 0.2) is 82.8 Å². The van der Waals surface area contributed by atoms with Gasteiger partial charge in [0.25, 0.3) is 0 Å². The predicted octanol–water partition coefficient (Wildman–Crippen LogP) is 3.59. The minimum Gasteiger partial charge on any atom is -0.497 e. The summed E-state index contributed by atoms with van der Waals surface area (Å²) in [6.07, 6.45) is 0.965. The van der Waals surface area contributed by atoms with Crippen LogP contribution < -0.4 is 20.6 Å². The molecule has 38 heavy (non-hydrogen) atoms. The lowest BCUT2D eigenvalue weighted by Gasteiger charge is -2.34. The van der Waals surface area contributed by atoms with Crippen molar-refractivity contribution in [1.82, 2.24) is 15.3 Å². The van der Waals surface area contributed by atoms with Gasteiger partial charge in [0.2, 0.25) is 5.96 Å². The molecule has 0 aromatic heterocycles. The number of hydrazine groups is 1. The standard InChI is InChI=1S/C28H26FN7O2/c1-37-21-10-6-18(7-11-21)16-35(17-19-8-12-22(38-2)13-9-19)28-32-24(14-25-33-27(31)34-36(25)28)23-5-3-4-20(15-30)26(23)29/h3-14,27,34H,16-17,31H2,1-2H3. The number of hydrogen-bond acceptors (Lipinski definition) is 9. The summed E-state index contributed by atoms with van der Waals surface area (Å²) >= 11 is 0. The molecule has 192 valence electrons. The van der Waals surface area contributed by atoms with Gasteiger partial charge in [0.05, 0.1) is 25.5 Å². The van der Waals surface area contributed by atoms with Gasteiger partial charge in [-0.05, 0) is 47.5 Å². The molecule has 0 aliphatic carbocycles. The molecule has 2 aliphatic rings. The highest BCUT2D eigenvalue weighted by molar-refractivity contribution is 6.13. The fourth-order valence-corrected chi connectivity index (χ4v) is 4.27. The lowest BCUT2D eigenvalue weighted by Crippen LogP contribution is -2.53. The van der Waals surface area contributed by atoms with Crippen molar-refractivity contribution in [1.29, 1.82) is 5.26 Å². The Morgan fingerprint density at radius 2 is 1.61 bits per heavy atom. The number of rotatable bonds is 7. The summed E-state index contributed by atoms with van der Waals surface area (Å²) in [6, 6.07) is 22.1. The summed E-state index contributed by atoms with van der Waals surface area (Å²) in [5.41, 5.74) is 11.7. The van der Waals surface area contributed by atoms with Crippen LogP contribution >= 0.6 is 0 Å². The van der Waals surface area contributed by atoms with Gasteiger partial charge in [0.15, 0.2) is 12.1 Å². The van der Waals surface area contributed by atoms with E-state index in [1.54, 1.807) is 37.4 Å². The van der Waals surface area contributed by atoms with Crippen molar-refractivity contribution in [2.45, 2.75) is 19.4 Å². The highest BCUT2D eigenvalue weighted by Crippen LogP contribution is 2.28. The Labute approximate surface area is 219 Å². The van der Waals surface area contributed by atoms with Crippen molar-refractivity contribution in [2.24, 2.45) is 15.7 Å². The van der Waals surface area contributed by atoms with Crippen LogP contribution in [0.5, 0.6) is 11.5 Å². The summed E-state index contributed by atoms with van der Waals surface area (Å²) in [6.45, 7) is 0.951. The molecule has 2 aliphatic heterocycles. The minimum atomic E-state index is -0.690. The molecule has 0 radical (unpaired) electrons. The molecule has 0 saturated carbocycles. The summed E-state index contributed by atoms with van der Waals surface area (Å²) in [4.78, 5) is 11.4. The number of fused-ring (bicyclic) bond motifs is 1. The molecule has 1 unspecified atom stereocenters. The van der Waals surface area contributed by atoms with Crippen LogP contribution in [0, 0.1) is 17.1 Å². The van der Waals surface area contributed by atoms with Gasteiger partial charge in [0, 0.05) is 24.7 Å². The Morgan fingerprint density at radius 1 is 1.00 bits per heavy atom. The number of benzene rings is 3. The van der Waals surface area contributed by atoms with E-state index in [1.807, 2.05) is 59.5 Å². The fraction of sp³-hybridized carbons (Fsp3) is 0.179. The Balaban J connectivity index is 1.58. The Kier molecular flexibility index (Phi) is 7.04. The lowest BCUT2D eigenvalue weighted by atomic mass is 10.1. The van der Waals surface area contributed by atoms with E-state index in [2.05, 4.69) is 10.4 Å². The quantitative estimate of drug-likeness (QED) is 0.499. The van der Waals surface area contributed by atoms with E-state index < -0.39 is 12.1 Å². The molecule has 10 heteroatoms. The largest absolute Gasteiger partial charge is 0.497 e. The maximum absolute atomic E-state index is 15.2. The van der Waals surface area contributed by atoms with Gasteiger partial charge in [-0.25, -0.2) is 19.4 Å². The Bertz CT molecular complexity index is 1410. The van der Waals surface area contributed by atoms with Gasteiger partial charge in [-0.2, -0.15) is 10.7 Å². The average molecular weight is 512 g/mol. The summed E-state index contributed by atoms with van der Waals surface area (Å²) in [7, 11) is 3.25. The van der Waals surface area contributed by atoms with Crippen LogP contribution in [-0.4, -0.2) is 42.2 Å². The van der Waals surface area contributed by atoms with Gasteiger partial charge in [0.1, 0.15) is 23.4 Å². The number of nitrogens with zero attached hydrogens (tertiary/aromatic N) is 5. The predicted molar refractivity (Wildman–Crippen MR) is 142 cm³/mol. The molecule has 3 aromatic rings. The number of methoxy groups -OCH3 is 2. The number of hydrogen-bond donors (Lipinski definition) is 2. The first-order valence-corrected chi connectivity index (χ1v) is 11.9. The molecule has 2 heterocycles. The monoisotopic (exact) mass is 511 g/mol. The fourth-order valence-electron chi connectivity index (χ4n) is 4.27. The highest BCUT2D eigenvalue weighted by atomic mass is 19.1. The first kappa shape index (κ1) is 25.0. The number of nitriles is 1. The topological polar surface area (TPSA) is 112 Å². The first-order chi connectivity index (χ1) is 18.5. The van der Waals surface area contributed by atoms with Crippen molar-refractivity contribution in [3.8, 4) is 17.6 Å². The number of amidine groups is 1. The molecule has 0 saturated heterocycles. The molecule has 3 aromatic carbocycles. The minimum absolute atomic E-state index is 0.0564. The molecular weight excluding hydrogens is 485 g/mol. The first-order valence-electron chi connectivity index (χ1n) is 11.9. The molecule has 3 N–H and O–H groups in total. The molecule has 1 atom stereocenters.